The van der Waals surface area contributed by atoms with Gasteiger partial charge in [0.05, 0.1) is 5.69 Å². The van der Waals surface area contributed by atoms with Crippen LogP contribution in [-0.2, 0) is 0 Å². The van der Waals surface area contributed by atoms with Crippen LogP contribution in [0.4, 0.5) is 11.4 Å². The molecule has 0 aromatic heterocycles. The molecule has 0 saturated heterocycles. The molecule has 2 rings (SSSR count). The van der Waals surface area contributed by atoms with E-state index in [-0.39, 0.29) is 0 Å². The Labute approximate surface area is 235 Å². The van der Waals surface area contributed by atoms with Gasteiger partial charge in [0.2, 0.25) is 0 Å². The van der Waals surface area contributed by atoms with Crippen molar-refractivity contribution in [2.45, 2.75) is 92.9 Å². The molecule has 184 valence electrons. The molecule has 0 N–H and O–H groups in total. The number of anilines is 1. The molecule has 0 aliphatic heterocycles. The van der Waals surface area contributed by atoms with Crippen molar-refractivity contribution in [3.8, 4) is 0 Å². The van der Waals surface area contributed by atoms with Crippen molar-refractivity contribution < 1.29 is 0 Å². The summed E-state index contributed by atoms with van der Waals surface area (Å²) in [7, 11) is -1.25. The third kappa shape index (κ3) is 7.34. The van der Waals surface area contributed by atoms with E-state index in [4.69, 9.17) is 4.99 Å². The van der Waals surface area contributed by atoms with Gasteiger partial charge in [-0.3, -0.25) is 4.99 Å². The van der Waals surface area contributed by atoms with Gasteiger partial charge in [0, 0.05) is 11.4 Å². The van der Waals surface area contributed by atoms with Gasteiger partial charge in [-0.15, -0.1) is 0 Å². The van der Waals surface area contributed by atoms with Crippen LogP contribution in [0.2, 0.25) is 0 Å². The first kappa shape index (κ1) is 29.9. The first-order valence-electron chi connectivity index (χ1n) is 12.4. The fourth-order valence-corrected chi connectivity index (χ4v) is 9.62. The molecular weight excluding hydrogens is 657 g/mol. The maximum Gasteiger partial charge on any atom is 0.596 e. The zero-order chi connectivity index (χ0) is 25.7. The Kier molecular flexibility index (Phi) is 11.7. The molecule has 5 heteroatoms. The second-order valence-electron chi connectivity index (χ2n) is 10.4. The smallest absolute Gasteiger partial charge is 0.420 e. The molecule has 0 bridgehead atoms. The highest BCUT2D eigenvalue weighted by Crippen LogP contribution is 2.40. The SMILES string of the molecule is CC(/C=C(/C)[N](c1c(C(C)C)cccc1C(C)C)[Al]([I])[I])=Nc1c(C(C)C)cccc1C(C)C. The Hall–Kier alpha value is -0.358. The molecule has 0 atom stereocenters. The van der Waals surface area contributed by atoms with Crippen LogP contribution in [0.5, 0.6) is 0 Å². The van der Waals surface area contributed by atoms with Crippen LogP contribution >= 0.6 is 40.5 Å². The van der Waals surface area contributed by atoms with Crippen LogP contribution in [0.1, 0.15) is 115 Å². The summed E-state index contributed by atoms with van der Waals surface area (Å²) in [5.41, 5.74) is 10.5. The van der Waals surface area contributed by atoms with Crippen LogP contribution in [0.3, 0.4) is 0 Å². The maximum atomic E-state index is 5.22. The van der Waals surface area contributed by atoms with E-state index in [0.717, 1.165) is 11.4 Å². The number of halogens is 2. The lowest BCUT2D eigenvalue weighted by Crippen LogP contribution is -2.31. The quantitative estimate of drug-likeness (QED) is 0.145. The van der Waals surface area contributed by atoms with Crippen LogP contribution < -0.4 is 3.88 Å². The van der Waals surface area contributed by atoms with Crippen LogP contribution in [0.25, 0.3) is 0 Å². The zero-order valence-corrected chi connectivity index (χ0v) is 28.0. The average Bonchev–Trinajstić information content (AvgIpc) is 2.72. The standard InChI is InChI=1S/C29H41N2.Al.2HI/c1-18(2)24-13-11-14-25(19(3)4)28(24)30-22(9)17-23(10)31-29-26(20(5)6)15-12-16-27(29)21(7)8;;;/h11-21H,1-10H3;;2*1H/q-1;+3;;/p-2/b22-17-,31-23?;;;. The first-order chi connectivity index (χ1) is 15.9. The van der Waals surface area contributed by atoms with Crippen LogP contribution in [0, 0.1) is 0 Å². The minimum Gasteiger partial charge on any atom is -0.420 e. The summed E-state index contributed by atoms with van der Waals surface area (Å²) in [6.45, 7) is 22.7. The van der Waals surface area contributed by atoms with Gasteiger partial charge in [0.25, 0.3) is 0 Å². The summed E-state index contributed by atoms with van der Waals surface area (Å²) >= 11 is 5.34. The van der Waals surface area contributed by atoms with E-state index in [1.807, 2.05) is 0 Å². The minimum absolute atomic E-state index is 0.443. The van der Waals surface area contributed by atoms with Gasteiger partial charge in [-0.1, -0.05) is 91.8 Å². The normalized spacial score (nSPS) is 12.9. The lowest BCUT2D eigenvalue weighted by atomic mass is 9.92. The number of para-hydroxylation sites is 2. The van der Waals surface area contributed by atoms with Gasteiger partial charge in [0.15, 0.2) is 0 Å². The third-order valence-electron chi connectivity index (χ3n) is 6.21. The number of hydrogen-bond acceptors (Lipinski definition) is 2. The first-order valence-corrected chi connectivity index (χ1v) is 21.3. The van der Waals surface area contributed by atoms with Gasteiger partial charge in [-0.2, -0.15) is 40.5 Å². The summed E-state index contributed by atoms with van der Waals surface area (Å²) in [4.78, 5) is 5.22. The molecule has 0 saturated carbocycles. The maximum absolute atomic E-state index is 5.22. The molecular formula is C29H41AlI2N2. The average molecular weight is 698 g/mol. The lowest BCUT2D eigenvalue weighted by molar-refractivity contribution is 0.831. The van der Waals surface area contributed by atoms with Crippen LogP contribution in [0.15, 0.2) is 53.2 Å². The highest BCUT2D eigenvalue weighted by molar-refractivity contribution is 14.3. The van der Waals surface area contributed by atoms with E-state index in [9.17, 15) is 0 Å². The minimum atomic E-state index is -1.25. The summed E-state index contributed by atoms with van der Waals surface area (Å²) in [5, 5.41) is 0. The number of hydrogen-bond donors (Lipinski definition) is 0. The summed E-state index contributed by atoms with van der Waals surface area (Å²) in [6, 6.07) is 13.5. The zero-order valence-electron chi connectivity index (χ0n) is 22.6. The Morgan fingerprint density at radius 1 is 0.735 bits per heavy atom. The third-order valence-corrected chi connectivity index (χ3v) is 10.6. The van der Waals surface area contributed by atoms with E-state index in [1.54, 1.807) is 0 Å². The number of benzene rings is 2. The molecule has 0 amide bonds. The number of nitrogens with zero attached hydrogens (tertiary/aromatic N) is 2. The second kappa shape index (κ2) is 13.3. The Morgan fingerprint density at radius 2 is 1.12 bits per heavy atom. The molecule has 0 radical (unpaired) electrons. The fourth-order valence-electron chi connectivity index (χ4n) is 4.44. The molecule has 0 unspecified atom stereocenters. The Bertz CT molecular complexity index is 984. The van der Waals surface area contributed by atoms with E-state index < -0.39 is 7.80 Å². The lowest BCUT2D eigenvalue weighted by Gasteiger charge is -2.33. The molecule has 2 nitrogen and oxygen atoms in total. The van der Waals surface area contributed by atoms with E-state index in [2.05, 4.69) is 156 Å². The second-order valence-corrected chi connectivity index (χ2v) is 25.7. The molecule has 34 heavy (non-hydrogen) atoms. The molecule has 0 fully saturated rings. The van der Waals surface area contributed by atoms with Crippen molar-refractivity contribution in [3.05, 3.63) is 70.4 Å². The summed E-state index contributed by atoms with van der Waals surface area (Å²) in [6.07, 6.45) is 2.29. The van der Waals surface area contributed by atoms with Crippen molar-refractivity contribution in [1.82, 2.24) is 0 Å². The predicted octanol–water partition coefficient (Wildman–Crippen LogP) is 10.5. The topological polar surface area (TPSA) is 15.6 Å². The Morgan fingerprint density at radius 3 is 1.47 bits per heavy atom. The highest BCUT2D eigenvalue weighted by Gasteiger charge is 2.29. The van der Waals surface area contributed by atoms with Gasteiger partial charge >= 0.3 is 7.80 Å². The van der Waals surface area contributed by atoms with Crippen molar-refractivity contribution in [2.24, 2.45) is 4.99 Å². The van der Waals surface area contributed by atoms with Crippen molar-refractivity contribution in [2.75, 3.05) is 3.88 Å². The van der Waals surface area contributed by atoms with E-state index in [0.29, 0.717) is 23.7 Å². The van der Waals surface area contributed by atoms with Crippen molar-refractivity contribution in [3.63, 3.8) is 0 Å². The van der Waals surface area contributed by atoms with Gasteiger partial charge < -0.3 is 3.88 Å². The molecule has 0 spiro atoms. The monoisotopic (exact) mass is 698 g/mol. The molecule has 2 aromatic rings. The van der Waals surface area contributed by atoms with Crippen molar-refractivity contribution in [1.29, 1.82) is 0 Å². The summed E-state index contributed by atoms with van der Waals surface area (Å²) in [5.74, 6) is 1.84. The van der Waals surface area contributed by atoms with Gasteiger partial charge in [-0.25, -0.2) is 0 Å². The summed E-state index contributed by atoms with van der Waals surface area (Å²) < 4.78 is 2.63. The van der Waals surface area contributed by atoms with E-state index >= 15 is 0 Å². The van der Waals surface area contributed by atoms with Gasteiger partial charge in [-0.05, 0) is 71.5 Å². The van der Waals surface area contributed by atoms with Crippen LogP contribution in [-0.4, -0.2) is 13.5 Å². The van der Waals surface area contributed by atoms with Gasteiger partial charge in [0.1, 0.15) is 0 Å². The number of aliphatic imine (C=N–C) groups is 1. The molecule has 2 aromatic carbocycles. The van der Waals surface area contributed by atoms with E-state index in [1.165, 1.54) is 33.6 Å². The largest absolute Gasteiger partial charge is 0.596 e. The highest BCUT2D eigenvalue weighted by atomic mass is 127. The molecule has 0 heterocycles. The van der Waals surface area contributed by atoms with Crippen molar-refractivity contribution >= 4 is 65.4 Å². The molecule has 0 aliphatic carbocycles. The Balaban J connectivity index is 2.67. The number of allylic oxidation sites excluding steroid dienone is 2. The molecule has 0 aliphatic rings. The fraction of sp³-hybridized carbons (Fsp3) is 0.483. The predicted molar refractivity (Wildman–Crippen MR) is 172 cm³/mol. The number of rotatable bonds is 9.